The van der Waals surface area contributed by atoms with Crippen molar-refractivity contribution < 1.29 is 4.79 Å². The Morgan fingerprint density at radius 3 is 2.93 bits per heavy atom. The van der Waals surface area contributed by atoms with Crippen LogP contribution < -0.4 is 0 Å². The van der Waals surface area contributed by atoms with Crippen LogP contribution >= 0.6 is 0 Å². The molecular formula is C12H18N2O. The number of fused-ring (bicyclic) bond motifs is 1. The summed E-state index contributed by atoms with van der Waals surface area (Å²) in [5, 5.41) is 0. The van der Waals surface area contributed by atoms with Gasteiger partial charge in [-0.1, -0.05) is 13.8 Å². The number of ketones is 1. The minimum atomic E-state index is 0.0909. The standard InChI is InChI=1S/C12H18N2O/c1-8(2)10-4-5-14-7-13-12(9(3)15)11(14)6-10/h7-8,10H,4-6H2,1-3H3. The third kappa shape index (κ3) is 1.83. The number of aromatic nitrogens is 2. The van der Waals surface area contributed by atoms with Crippen molar-refractivity contribution in [1.29, 1.82) is 0 Å². The molecule has 2 rings (SSSR count). The van der Waals surface area contributed by atoms with Crippen LogP contribution in [0.5, 0.6) is 0 Å². The van der Waals surface area contributed by atoms with E-state index in [2.05, 4.69) is 23.4 Å². The molecule has 1 unspecified atom stereocenters. The molecule has 0 fully saturated rings. The molecule has 0 amide bonds. The van der Waals surface area contributed by atoms with Gasteiger partial charge < -0.3 is 4.57 Å². The van der Waals surface area contributed by atoms with Crippen LogP contribution in [0.4, 0.5) is 0 Å². The molecule has 2 heterocycles. The van der Waals surface area contributed by atoms with Crippen molar-refractivity contribution in [2.45, 2.75) is 40.2 Å². The van der Waals surface area contributed by atoms with Crippen molar-refractivity contribution in [1.82, 2.24) is 9.55 Å². The lowest BCUT2D eigenvalue weighted by Gasteiger charge is -2.27. The minimum absolute atomic E-state index is 0.0909. The maximum absolute atomic E-state index is 11.4. The van der Waals surface area contributed by atoms with Crippen LogP contribution in [-0.2, 0) is 13.0 Å². The highest BCUT2D eigenvalue weighted by atomic mass is 16.1. The van der Waals surface area contributed by atoms with Gasteiger partial charge in [0.15, 0.2) is 5.78 Å². The average Bonchev–Trinajstić information content (AvgIpc) is 2.59. The molecule has 1 aliphatic heterocycles. The van der Waals surface area contributed by atoms with E-state index >= 15 is 0 Å². The number of imidazole rings is 1. The molecule has 1 aromatic rings. The largest absolute Gasteiger partial charge is 0.334 e. The van der Waals surface area contributed by atoms with Gasteiger partial charge in [-0.05, 0) is 24.7 Å². The Hall–Kier alpha value is -1.12. The number of nitrogens with zero attached hydrogens (tertiary/aromatic N) is 2. The zero-order chi connectivity index (χ0) is 11.0. The van der Waals surface area contributed by atoms with Gasteiger partial charge in [-0.3, -0.25) is 4.79 Å². The van der Waals surface area contributed by atoms with Gasteiger partial charge in [0.25, 0.3) is 0 Å². The van der Waals surface area contributed by atoms with Crippen molar-refractivity contribution in [2.24, 2.45) is 11.8 Å². The van der Waals surface area contributed by atoms with E-state index in [1.54, 1.807) is 6.92 Å². The molecule has 1 aliphatic rings. The number of carbonyl (C=O) groups is 1. The minimum Gasteiger partial charge on any atom is -0.334 e. The van der Waals surface area contributed by atoms with Gasteiger partial charge in [0, 0.05) is 19.2 Å². The van der Waals surface area contributed by atoms with Crippen molar-refractivity contribution in [3.8, 4) is 0 Å². The van der Waals surface area contributed by atoms with Crippen molar-refractivity contribution in [2.75, 3.05) is 0 Å². The van der Waals surface area contributed by atoms with Gasteiger partial charge >= 0.3 is 0 Å². The van der Waals surface area contributed by atoms with E-state index in [0.29, 0.717) is 17.5 Å². The number of aryl methyl sites for hydroxylation is 1. The second-order valence-electron chi connectivity index (χ2n) is 4.79. The molecule has 15 heavy (non-hydrogen) atoms. The molecule has 0 N–H and O–H groups in total. The summed E-state index contributed by atoms with van der Waals surface area (Å²) in [5.41, 5.74) is 1.83. The lowest BCUT2D eigenvalue weighted by molar-refractivity contribution is 0.101. The van der Waals surface area contributed by atoms with Crippen LogP contribution in [0.25, 0.3) is 0 Å². The van der Waals surface area contributed by atoms with E-state index < -0.39 is 0 Å². The average molecular weight is 206 g/mol. The van der Waals surface area contributed by atoms with Gasteiger partial charge in [0.05, 0.1) is 6.33 Å². The fourth-order valence-electron chi connectivity index (χ4n) is 2.33. The predicted molar refractivity (Wildman–Crippen MR) is 58.9 cm³/mol. The first kappa shape index (κ1) is 10.4. The van der Waals surface area contributed by atoms with E-state index in [1.165, 1.54) is 6.42 Å². The molecule has 0 aromatic carbocycles. The van der Waals surface area contributed by atoms with Gasteiger partial charge in [-0.15, -0.1) is 0 Å². The highest BCUT2D eigenvalue weighted by Crippen LogP contribution is 2.27. The van der Waals surface area contributed by atoms with E-state index in [0.717, 1.165) is 18.7 Å². The molecule has 1 atom stereocenters. The maximum atomic E-state index is 11.4. The van der Waals surface area contributed by atoms with Gasteiger partial charge in [0.2, 0.25) is 0 Å². The summed E-state index contributed by atoms with van der Waals surface area (Å²) in [5.74, 6) is 1.48. The number of hydrogen-bond donors (Lipinski definition) is 0. The SMILES string of the molecule is CC(=O)c1ncn2c1CC(C(C)C)CC2. The van der Waals surface area contributed by atoms with E-state index in [1.807, 2.05) is 6.33 Å². The number of Topliss-reactive ketones (excluding diaryl/α,β-unsaturated/α-hetero) is 1. The summed E-state index contributed by atoms with van der Waals surface area (Å²) in [4.78, 5) is 15.6. The maximum Gasteiger partial charge on any atom is 0.179 e. The summed E-state index contributed by atoms with van der Waals surface area (Å²) in [6.07, 6.45) is 4.02. The zero-order valence-corrected chi connectivity index (χ0v) is 9.66. The van der Waals surface area contributed by atoms with Crippen LogP contribution in [0.1, 0.15) is 43.4 Å². The van der Waals surface area contributed by atoms with Crippen LogP contribution in [0.2, 0.25) is 0 Å². The Balaban J connectivity index is 2.30. The van der Waals surface area contributed by atoms with Crippen LogP contribution in [-0.4, -0.2) is 15.3 Å². The summed E-state index contributed by atoms with van der Waals surface area (Å²) >= 11 is 0. The molecule has 3 heteroatoms. The fourth-order valence-corrected chi connectivity index (χ4v) is 2.33. The summed E-state index contributed by atoms with van der Waals surface area (Å²) in [6, 6.07) is 0. The monoisotopic (exact) mass is 206 g/mol. The molecule has 0 radical (unpaired) electrons. The highest BCUT2D eigenvalue weighted by Gasteiger charge is 2.25. The molecule has 82 valence electrons. The molecule has 0 aliphatic carbocycles. The summed E-state index contributed by atoms with van der Waals surface area (Å²) in [6.45, 7) is 7.12. The molecule has 1 aromatic heterocycles. The Kier molecular flexibility index (Phi) is 2.63. The highest BCUT2D eigenvalue weighted by molar-refractivity contribution is 5.93. The number of rotatable bonds is 2. The lowest BCUT2D eigenvalue weighted by atomic mass is 9.85. The molecule has 0 spiro atoms. The van der Waals surface area contributed by atoms with Gasteiger partial charge in [-0.2, -0.15) is 0 Å². The number of carbonyl (C=O) groups excluding carboxylic acids is 1. The topological polar surface area (TPSA) is 34.9 Å². The quantitative estimate of drug-likeness (QED) is 0.696. The molecule has 0 saturated heterocycles. The smallest absolute Gasteiger partial charge is 0.179 e. The van der Waals surface area contributed by atoms with E-state index in [9.17, 15) is 4.79 Å². The lowest BCUT2D eigenvalue weighted by Crippen LogP contribution is -2.23. The Morgan fingerprint density at radius 1 is 1.60 bits per heavy atom. The Morgan fingerprint density at radius 2 is 2.33 bits per heavy atom. The first-order valence-electron chi connectivity index (χ1n) is 5.64. The second kappa shape index (κ2) is 3.80. The molecular weight excluding hydrogens is 188 g/mol. The Bertz CT molecular complexity index is 379. The van der Waals surface area contributed by atoms with Crippen LogP contribution in [0.15, 0.2) is 6.33 Å². The van der Waals surface area contributed by atoms with Crippen molar-refractivity contribution in [3.05, 3.63) is 17.7 Å². The van der Waals surface area contributed by atoms with Crippen LogP contribution in [0.3, 0.4) is 0 Å². The Labute approximate surface area is 90.5 Å². The first-order valence-corrected chi connectivity index (χ1v) is 5.64. The van der Waals surface area contributed by atoms with Gasteiger partial charge in [-0.25, -0.2) is 4.98 Å². The zero-order valence-electron chi connectivity index (χ0n) is 9.66. The van der Waals surface area contributed by atoms with E-state index in [4.69, 9.17) is 0 Å². The third-order valence-corrected chi connectivity index (χ3v) is 3.42. The molecule has 0 saturated carbocycles. The molecule has 3 nitrogen and oxygen atoms in total. The normalized spacial score (nSPS) is 20.4. The summed E-state index contributed by atoms with van der Waals surface area (Å²) < 4.78 is 2.13. The first-order chi connectivity index (χ1) is 7.09. The van der Waals surface area contributed by atoms with E-state index in [-0.39, 0.29) is 5.78 Å². The predicted octanol–water partition coefficient (Wildman–Crippen LogP) is 2.30. The number of hydrogen-bond acceptors (Lipinski definition) is 2. The third-order valence-electron chi connectivity index (χ3n) is 3.42. The second-order valence-corrected chi connectivity index (χ2v) is 4.79. The van der Waals surface area contributed by atoms with Crippen LogP contribution in [0, 0.1) is 11.8 Å². The fraction of sp³-hybridized carbons (Fsp3) is 0.667. The van der Waals surface area contributed by atoms with Gasteiger partial charge in [0.1, 0.15) is 5.69 Å². The van der Waals surface area contributed by atoms with Crippen molar-refractivity contribution in [3.63, 3.8) is 0 Å². The summed E-state index contributed by atoms with van der Waals surface area (Å²) in [7, 11) is 0. The molecule has 0 bridgehead atoms. The van der Waals surface area contributed by atoms with Crippen molar-refractivity contribution >= 4 is 5.78 Å².